The van der Waals surface area contributed by atoms with Gasteiger partial charge in [0.2, 0.25) is 15.9 Å². The van der Waals surface area contributed by atoms with Crippen LogP contribution in [0.15, 0.2) is 48.8 Å². The molecule has 8 heteroatoms. The third-order valence-corrected chi connectivity index (χ3v) is 4.84. The van der Waals surface area contributed by atoms with Crippen molar-refractivity contribution in [3.8, 4) is 0 Å². The molecule has 0 atom stereocenters. The van der Waals surface area contributed by atoms with Crippen molar-refractivity contribution >= 4 is 21.6 Å². The largest absolute Gasteiger partial charge is 0.344 e. The van der Waals surface area contributed by atoms with Crippen molar-refractivity contribution in [1.29, 1.82) is 0 Å². The standard InChI is InChI=1S/C17H20FN3O3S/c1-20(12-9-14-7-10-19-11-8-14)17(22)13-21(25(2,23)24)16-6-4-3-5-15(16)18/h3-8,10-11H,9,12-13H2,1-2H3. The lowest BCUT2D eigenvalue weighted by Gasteiger charge is -2.25. The molecule has 0 unspecified atom stereocenters. The van der Waals surface area contributed by atoms with Gasteiger partial charge >= 0.3 is 0 Å². The van der Waals surface area contributed by atoms with Crippen molar-refractivity contribution in [2.75, 3.05) is 30.7 Å². The topological polar surface area (TPSA) is 70.6 Å². The highest BCUT2D eigenvalue weighted by atomic mass is 32.2. The van der Waals surface area contributed by atoms with Gasteiger partial charge in [-0.05, 0) is 36.2 Å². The van der Waals surface area contributed by atoms with Gasteiger partial charge in [-0.1, -0.05) is 12.1 Å². The normalized spacial score (nSPS) is 11.2. The summed E-state index contributed by atoms with van der Waals surface area (Å²) in [6.07, 6.45) is 4.90. The summed E-state index contributed by atoms with van der Waals surface area (Å²) in [5, 5.41) is 0. The van der Waals surface area contributed by atoms with Crippen molar-refractivity contribution < 1.29 is 17.6 Å². The first-order valence-corrected chi connectivity index (χ1v) is 9.49. The fraction of sp³-hybridized carbons (Fsp3) is 0.294. The number of amides is 1. The fourth-order valence-electron chi connectivity index (χ4n) is 2.25. The van der Waals surface area contributed by atoms with E-state index in [0.717, 1.165) is 22.2 Å². The molecule has 134 valence electrons. The summed E-state index contributed by atoms with van der Waals surface area (Å²) in [5.74, 6) is -1.11. The Morgan fingerprint density at radius 3 is 2.40 bits per heavy atom. The molecule has 0 radical (unpaired) electrons. The highest BCUT2D eigenvalue weighted by molar-refractivity contribution is 7.92. The number of hydrogen-bond donors (Lipinski definition) is 0. The summed E-state index contributed by atoms with van der Waals surface area (Å²) in [6.45, 7) is -0.0374. The molecule has 0 fully saturated rings. The molecule has 2 aromatic rings. The van der Waals surface area contributed by atoms with Gasteiger partial charge in [0.15, 0.2) is 0 Å². The minimum absolute atomic E-state index is 0.138. The van der Waals surface area contributed by atoms with Crippen molar-refractivity contribution in [2.24, 2.45) is 0 Å². The van der Waals surface area contributed by atoms with Crippen molar-refractivity contribution in [1.82, 2.24) is 9.88 Å². The molecule has 0 bridgehead atoms. The van der Waals surface area contributed by atoms with Crippen LogP contribution >= 0.6 is 0 Å². The summed E-state index contributed by atoms with van der Waals surface area (Å²) in [5.41, 5.74) is 0.879. The molecule has 1 aromatic heterocycles. The Balaban J connectivity index is 2.08. The van der Waals surface area contributed by atoms with Crippen LogP contribution in [0.5, 0.6) is 0 Å². The number of sulfonamides is 1. The number of hydrogen-bond acceptors (Lipinski definition) is 4. The molecular formula is C17H20FN3O3S. The lowest BCUT2D eigenvalue weighted by molar-refractivity contribution is -0.128. The zero-order chi connectivity index (χ0) is 18.4. The molecule has 0 aliphatic carbocycles. The van der Waals surface area contributed by atoms with E-state index < -0.39 is 28.3 Å². The Hall–Kier alpha value is -2.48. The summed E-state index contributed by atoms with van der Waals surface area (Å²) in [7, 11) is -2.21. The smallest absolute Gasteiger partial charge is 0.243 e. The second kappa shape index (κ2) is 8.06. The zero-order valence-corrected chi connectivity index (χ0v) is 14.9. The number of para-hydroxylation sites is 1. The molecule has 0 saturated carbocycles. The van der Waals surface area contributed by atoms with Crippen molar-refractivity contribution in [3.05, 3.63) is 60.2 Å². The Morgan fingerprint density at radius 1 is 1.16 bits per heavy atom. The molecule has 0 spiro atoms. The fourth-order valence-corrected chi connectivity index (χ4v) is 3.10. The maximum Gasteiger partial charge on any atom is 0.243 e. The molecule has 2 rings (SSSR count). The number of halogens is 1. The highest BCUT2D eigenvalue weighted by Crippen LogP contribution is 2.21. The Bertz CT molecular complexity index is 828. The number of carbonyl (C=O) groups excluding carboxylic acids is 1. The molecule has 0 N–H and O–H groups in total. The Kier molecular flexibility index (Phi) is 6.08. The maximum atomic E-state index is 14.0. The number of likely N-dealkylation sites (N-methyl/N-ethyl adjacent to an activating group) is 1. The van der Waals surface area contributed by atoms with Crippen LogP contribution in [0.4, 0.5) is 10.1 Å². The van der Waals surface area contributed by atoms with E-state index in [1.165, 1.54) is 23.1 Å². The van der Waals surface area contributed by atoms with E-state index in [1.54, 1.807) is 19.4 Å². The second-order valence-corrected chi connectivity index (χ2v) is 7.55. The summed E-state index contributed by atoms with van der Waals surface area (Å²) in [6, 6.07) is 9.17. The number of rotatable bonds is 7. The van der Waals surface area contributed by atoms with Gasteiger partial charge in [-0.3, -0.25) is 14.1 Å². The molecule has 1 amide bonds. The second-order valence-electron chi connectivity index (χ2n) is 5.64. The van der Waals surface area contributed by atoms with E-state index in [2.05, 4.69) is 4.98 Å². The van der Waals surface area contributed by atoms with Crippen molar-refractivity contribution in [2.45, 2.75) is 6.42 Å². The number of carbonyl (C=O) groups is 1. The predicted octanol–water partition coefficient (Wildman–Crippen LogP) is 1.69. The average molecular weight is 365 g/mol. The minimum Gasteiger partial charge on any atom is -0.344 e. The average Bonchev–Trinajstić information content (AvgIpc) is 2.58. The van der Waals surface area contributed by atoms with Crippen LogP contribution in [0, 0.1) is 5.82 Å². The zero-order valence-electron chi connectivity index (χ0n) is 14.1. The Labute approximate surface area is 147 Å². The number of nitrogens with zero attached hydrogens (tertiary/aromatic N) is 3. The molecule has 6 nitrogen and oxygen atoms in total. The van der Waals surface area contributed by atoms with Gasteiger partial charge in [-0.25, -0.2) is 12.8 Å². The van der Waals surface area contributed by atoms with Gasteiger partial charge in [-0.2, -0.15) is 0 Å². The first-order chi connectivity index (χ1) is 11.8. The van der Waals surface area contributed by atoms with Gasteiger partial charge in [0.25, 0.3) is 0 Å². The molecule has 0 aliphatic heterocycles. The monoisotopic (exact) mass is 365 g/mol. The molecule has 1 heterocycles. The highest BCUT2D eigenvalue weighted by Gasteiger charge is 2.24. The molecule has 0 saturated heterocycles. The van der Waals surface area contributed by atoms with Crippen molar-refractivity contribution in [3.63, 3.8) is 0 Å². The summed E-state index contributed by atoms with van der Waals surface area (Å²) >= 11 is 0. The van der Waals surface area contributed by atoms with Gasteiger partial charge < -0.3 is 4.90 Å². The van der Waals surface area contributed by atoms with Gasteiger partial charge in [0.05, 0.1) is 11.9 Å². The molecular weight excluding hydrogens is 345 g/mol. The summed E-state index contributed by atoms with van der Waals surface area (Å²) < 4.78 is 38.7. The predicted molar refractivity (Wildman–Crippen MR) is 94.2 cm³/mol. The van der Waals surface area contributed by atoms with Crippen LogP contribution in [-0.4, -0.2) is 50.6 Å². The van der Waals surface area contributed by atoms with E-state index >= 15 is 0 Å². The van der Waals surface area contributed by atoms with E-state index in [-0.39, 0.29) is 5.69 Å². The van der Waals surface area contributed by atoms with E-state index in [9.17, 15) is 17.6 Å². The van der Waals surface area contributed by atoms with Gasteiger partial charge in [0.1, 0.15) is 12.4 Å². The van der Waals surface area contributed by atoms with Crippen LogP contribution < -0.4 is 4.31 Å². The number of anilines is 1. The first kappa shape index (κ1) is 18.9. The SMILES string of the molecule is CN(CCc1ccncc1)C(=O)CN(c1ccccc1F)S(C)(=O)=O. The quantitative estimate of drug-likeness (QED) is 0.749. The lowest BCUT2D eigenvalue weighted by atomic mass is 10.2. The van der Waals surface area contributed by atoms with Crippen LogP contribution in [0.2, 0.25) is 0 Å². The third kappa shape index (κ3) is 5.25. The summed E-state index contributed by atoms with van der Waals surface area (Å²) in [4.78, 5) is 17.7. The lowest BCUT2D eigenvalue weighted by Crippen LogP contribution is -2.42. The van der Waals surface area contributed by atoms with Gasteiger partial charge in [0, 0.05) is 26.0 Å². The molecule has 25 heavy (non-hydrogen) atoms. The number of pyridine rings is 1. The Morgan fingerprint density at radius 2 is 1.80 bits per heavy atom. The van der Waals surface area contributed by atoms with Crippen LogP contribution in [-0.2, 0) is 21.2 Å². The van der Waals surface area contributed by atoms with E-state index in [0.29, 0.717) is 13.0 Å². The third-order valence-electron chi connectivity index (χ3n) is 3.71. The maximum absolute atomic E-state index is 14.0. The van der Waals surface area contributed by atoms with E-state index in [1.807, 2.05) is 12.1 Å². The minimum atomic E-state index is -3.80. The van der Waals surface area contributed by atoms with Crippen LogP contribution in [0.3, 0.4) is 0 Å². The number of benzene rings is 1. The molecule has 1 aromatic carbocycles. The first-order valence-electron chi connectivity index (χ1n) is 7.64. The van der Waals surface area contributed by atoms with Crippen LogP contribution in [0.1, 0.15) is 5.56 Å². The number of aromatic nitrogens is 1. The van der Waals surface area contributed by atoms with Crippen LogP contribution in [0.25, 0.3) is 0 Å². The van der Waals surface area contributed by atoms with E-state index in [4.69, 9.17) is 0 Å². The molecule has 0 aliphatic rings. The van der Waals surface area contributed by atoms with Gasteiger partial charge in [-0.15, -0.1) is 0 Å².